The molecule has 4 heterocycles. The summed E-state index contributed by atoms with van der Waals surface area (Å²) in [5, 5.41) is 10.0. The number of carbonyl (C=O) groups is 3. The summed E-state index contributed by atoms with van der Waals surface area (Å²) in [7, 11) is 0. The average Bonchev–Trinajstić information content (AvgIpc) is 3.46. The van der Waals surface area contributed by atoms with Crippen LogP contribution in [0.5, 0.6) is 0 Å². The second kappa shape index (κ2) is 6.77. The number of thioether (sulfide) groups is 1. The topological polar surface area (TPSA) is 120 Å². The number of imide groups is 1. The van der Waals surface area contributed by atoms with Gasteiger partial charge in [0.15, 0.2) is 0 Å². The number of amides is 2. The molecule has 0 spiro atoms. The predicted molar refractivity (Wildman–Crippen MR) is 112 cm³/mol. The largest absolute Gasteiger partial charge is 0.481 e. The van der Waals surface area contributed by atoms with Crippen molar-refractivity contribution < 1.29 is 19.5 Å². The van der Waals surface area contributed by atoms with Crippen molar-refractivity contribution >= 4 is 40.9 Å². The number of pyridine rings is 1. The van der Waals surface area contributed by atoms with E-state index in [2.05, 4.69) is 9.97 Å². The van der Waals surface area contributed by atoms with E-state index < -0.39 is 5.97 Å². The van der Waals surface area contributed by atoms with Gasteiger partial charge in [-0.25, -0.2) is 0 Å². The number of aliphatic carboxylic acids is 1. The molecule has 2 saturated carbocycles. The van der Waals surface area contributed by atoms with Crippen LogP contribution < -0.4 is 4.87 Å². The average molecular weight is 458 g/mol. The highest BCUT2D eigenvalue weighted by Gasteiger charge is 2.69. The van der Waals surface area contributed by atoms with Gasteiger partial charge in [-0.2, -0.15) is 0 Å². The highest BCUT2D eigenvalue weighted by Crippen LogP contribution is 2.68. The van der Waals surface area contributed by atoms with E-state index >= 15 is 0 Å². The SMILES string of the molecule is O=C(O)CCN1C(=O)[C@@H]2[C@@H]3C[C@@H]([C@H]4Sc5[nH]c(=O)sc5[C@H](c5cccnc5)[C@H]34)[C@@H]2C1=O. The minimum absolute atomic E-state index is 0.0363. The molecule has 0 radical (unpaired) electrons. The van der Waals surface area contributed by atoms with E-state index in [1.807, 2.05) is 18.3 Å². The summed E-state index contributed by atoms with van der Waals surface area (Å²) < 4.78 is 0. The molecule has 6 rings (SSSR count). The van der Waals surface area contributed by atoms with E-state index in [4.69, 9.17) is 5.11 Å². The molecule has 2 N–H and O–H groups in total. The Morgan fingerprint density at radius 1 is 1.23 bits per heavy atom. The van der Waals surface area contributed by atoms with E-state index in [0.29, 0.717) is 0 Å². The molecule has 10 heteroatoms. The molecule has 2 aliphatic heterocycles. The van der Waals surface area contributed by atoms with Crippen molar-refractivity contribution in [2.24, 2.45) is 29.6 Å². The Morgan fingerprint density at radius 2 is 2.00 bits per heavy atom. The van der Waals surface area contributed by atoms with Crippen molar-refractivity contribution in [3.63, 3.8) is 0 Å². The first kappa shape index (κ1) is 19.2. The number of hydrogen-bond donors (Lipinski definition) is 2. The Balaban J connectivity index is 1.41. The van der Waals surface area contributed by atoms with Crippen LogP contribution in [0.15, 0.2) is 34.3 Å². The third-order valence-electron chi connectivity index (χ3n) is 7.41. The van der Waals surface area contributed by atoms with E-state index in [9.17, 15) is 19.2 Å². The summed E-state index contributed by atoms with van der Waals surface area (Å²) in [6, 6.07) is 3.90. The first-order valence-corrected chi connectivity index (χ1v) is 12.0. The normalized spacial score (nSPS) is 35.2. The third-order valence-corrected chi connectivity index (χ3v) is 10.00. The first-order valence-electron chi connectivity index (χ1n) is 10.3. The maximum Gasteiger partial charge on any atom is 0.305 e. The zero-order chi connectivity index (χ0) is 21.4. The molecule has 2 aliphatic carbocycles. The minimum atomic E-state index is -1.02. The predicted octanol–water partition coefficient (Wildman–Crippen LogP) is 1.78. The lowest BCUT2D eigenvalue weighted by Gasteiger charge is -2.42. The Kier molecular flexibility index (Phi) is 4.20. The van der Waals surface area contributed by atoms with Gasteiger partial charge >= 0.3 is 10.8 Å². The van der Waals surface area contributed by atoms with Gasteiger partial charge in [0.1, 0.15) is 0 Å². The molecule has 2 bridgehead atoms. The highest BCUT2D eigenvalue weighted by molar-refractivity contribution is 8.00. The molecule has 160 valence electrons. The molecule has 31 heavy (non-hydrogen) atoms. The molecule has 2 aromatic rings. The summed E-state index contributed by atoms with van der Waals surface area (Å²) in [5.41, 5.74) is 1.03. The van der Waals surface area contributed by atoms with Crippen LogP contribution in [0.4, 0.5) is 0 Å². The van der Waals surface area contributed by atoms with Gasteiger partial charge in [0, 0.05) is 35.0 Å². The Labute approximate surface area is 185 Å². The number of nitrogens with one attached hydrogen (secondary N) is 1. The summed E-state index contributed by atoms with van der Waals surface area (Å²) in [5.74, 6) is -2.03. The van der Waals surface area contributed by atoms with E-state index in [-0.39, 0.29) is 70.4 Å². The van der Waals surface area contributed by atoms with Crippen molar-refractivity contribution in [3.05, 3.63) is 44.6 Å². The molecule has 0 unspecified atom stereocenters. The Hall–Kier alpha value is -2.46. The van der Waals surface area contributed by atoms with Crippen molar-refractivity contribution in [3.8, 4) is 0 Å². The molecule has 1 saturated heterocycles. The van der Waals surface area contributed by atoms with Crippen molar-refractivity contribution in [1.82, 2.24) is 14.9 Å². The number of hydrogen-bond acceptors (Lipinski definition) is 7. The lowest BCUT2D eigenvalue weighted by atomic mass is 9.68. The number of rotatable bonds is 4. The minimum Gasteiger partial charge on any atom is -0.481 e. The van der Waals surface area contributed by atoms with Crippen LogP contribution in [0.25, 0.3) is 0 Å². The van der Waals surface area contributed by atoms with Crippen LogP contribution >= 0.6 is 23.1 Å². The molecule has 0 aromatic carbocycles. The zero-order valence-electron chi connectivity index (χ0n) is 16.3. The second-order valence-electron chi connectivity index (χ2n) is 8.72. The van der Waals surface area contributed by atoms with Crippen LogP contribution in [0.2, 0.25) is 0 Å². The maximum absolute atomic E-state index is 13.2. The van der Waals surface area contributed by atoms with Crippen molar-refractivity contribution in [2.45, 2.75) is 29.0 Å². The van der Waals surface area contributed by atoms with Crippen LogP contribution in [0.3, 0.4) is 0 Å². The lowest BCUT2D eigenvalue weighted by molar-refractivity contribution is -0.142. The van der Waals surface area contributed by atoms with Gasteiger partial charge in [-0.15, -0.1) is 11.8 Å². The van der Waals surface area contributed by atoms with Gasteiger partial charge < -0.3 is 10.1 Å². The molecule has 3 fully saturated rings. The number of nitrogens with zero attached hydrogens (tertiary/aromatic N) is 2. The van der Waals surface area contributed by atoms with Gasteiger partial charge in [-0.1, -0.05) is 17.4 Å². The number of carboxylic acids is 1. The number of likely N-dealkylation sites (tertiary alicyclic amines) is 1. The van der Waals surface area contributed by atoms with Crippen LogP contribution in [-0.4, -0.2) is 49.6 Å². The maximum atomic E-state index is 13.2. The van der Waals surface area contributed by atoms with Crippen molar-refractivity contribution in [2.75, 3.05) is 6.54 Å². The number of thiazole rings is 1. The van der Waals surface area contributed by atoms with E-state index in [0.717, 1.165) is 21.9 Å². The van der Waals surface area contributed by atoms with Gasteiger partial charge in [0.2, 0.25) is 11.8 Å². The second-order valence-corrected chi connectivity index (χ2v) is 10.9. The standard InChI is InChI=1S/C21H19N3O5S2/c25-11(26)3-5-24-19(27)14-9-6-10(15(14)20(24)28)16-13(9)12(8-2-1-4-22-7-8)17-18(30-16)23-21(29)31-17/h1-2,4,7,9-10,12-16H,3,5-6H2,(H,23,29)(H,25,26)/t9-,10-,12-,13+,14-,15+,16-/m1/s1. The molecule has 2 aromatic heterocycles. The number of aromatic nitrogens is 2. The first-order chi connectivity index (χ1) is 15.0. The fraction of sp³-hybridized carbons (Fsp3) is 0.476. The summed E-state index contributed by atoms with van der Waals surface area (Å²) in [4.78, 5) is 58.8. The van der Waals surface area contributed by atoms with E-state index in [1.54, 1.807) is 18.0 Å². The molecular weight excluding hydrogens is 438 g/mol. The number of carbonyl (C=O) groups excluding carboxylic acids is 2. The van der Waals surface area contributed by atoms with Crippen LogP contribution in [0.1, 0.15) is 29.2 Å². The number of fused-ring (bicyclic) bond motifs is 9. The van der Waals surface area contributed by atoms with Crippen LogP contribution in [0, 0.1) is 29.6 Å². The molecule has 8 nitrogen and oxygen atoms in total. The Morgan fingerprint density at radius 3 is 2.71 bits per heavy atom. The molecule has 4 aliphatic rings. The van der Waals surface area contributed by atoms with E-state index in [1.165, 1.54) is 16.2 Å². The monoisotopic (exact) mass is 457 g/mol. The number of H-pyrrole nitrogens is 1. The lowest BCUT2D eigenvalue weighted by Crippen LogP contribution is -2.42. The van der Waals surface area contributed by atoms with Gasteiger partial charge in [0.05, 0.1) is 23.3 Å². The van der Waals surface area contributed by atoms with Gasteiger partial charge in [-0.05, 0) is 35.8 Å². The third kappa shape index (κ3) is 2.64. The number of carboxylic acid groups (broad SMARTS) is 1. The highest BCUT2D eigenvalue weighted by atomic mass is 32.2. The van der Waals surface area contributed by atoms with Crippen molar-refractivity contribution in [1.29, 1.82) is 0 Å². The zero-order valence-corrected chi connectivity index (χ0v) is 17.9. The van der Waals surface area contributed by atoms with Gasteiger partial charge in [-0.3, -0.25) is 29.1 Å². The summed E-state index contributed by atoms with van der Waals surface area (Å²) in [6.07, 6.45) is 4.13. The smallest absolute Gasteiger partial charge is 0.305 e. The van der Waals surface area contributed by atoms with Crippen LogP contribution in [-0.2, 0) is 14.4 Å². The summed E-state index contributed by atoms with van der Waals surface area (Å²) in [6.45, 7) is -0.0609. The van der Waals surface area contributed by atoms with Gasteiger partial charge in [0.25, 0.3) is 0 Å². The quantitative estimate of drug-likeness (QED) is 0.672. The number of aromatic amines is 1. The Bertz CT molecular complexity index is 1160. The molecular formula is C21H19N3O5S2. The fourth-order valence-corrected chi connectivity index (χ4v) is 9.33. The molecule has 7 atom stereocenters. The summed E-state index contributed by atoms with van der Waals surface area (Å²) >= 11 is 2.86. The fourth-order valence-electron chi connectivity index (χ4n) is 6.44. The molecule has 2 amide bonds.